The fourth-order valence-electron chi connectivity index (χ4n) is 5.79. The van der Waals surface area contributed by atoms with Crippen LogP contribution in [0.25, 0.3) is 0 Å². The SMILES string of the molecule is C[C@]12CC3CC(OCC[NH3+])(C1)C[C@@](C)(C3)C2. The molecule has 0 saturated heterocycles. The van der Waals surface area contributed by atoms with Gasteiger partial charge in [-0.05, 0) is 55.3 Å². The zero-order valence-electron chi connectivity index (χ0n) is 10.8. The van der Waals surface area contributed by atoms with Crippen LogP contribution in [-0.2, 0) is 4.74 Å². The van der Waals surface area contributed by atoms with Crippen LogP contribution in [0.1, 0.15) is 52.4 Å². The van der Waals surface area contributed by atoms with Crippen molar-refractivity contribution in [3.8, 4) is 0 Å². The molecule has 0 spiro atoms. The summed E-state index contributed by atoms with van der Waals surface area (Å²) in [4.78, 5) is 0. The maximum atomic E-state index is 6.26. The summed E-state index contributed by atoms with van der Waals surface area (Å²) in [5.41, 5.74) is 5.31. The van der Waals surface area contributed by atoms with E-state index in [2.05, 4.69) is 19.6 Å². The highest BCUT2D eigenvalue weighted by Gasteiger charge is 2.60. The lowest BCUT2D eigenvalue weighted by atomic mass is 9.43. The first-order valence-corrected chi connectivity index (χ1v) is 6.90. The quantitative estimate of drug-likeness (QED) is 0.782. The Hall–Kier alpha value is -0.0800. The van der Waals surface area contributed by atoms with Gasteiger partial charge >= 0.3 is 0 Å². The number of hydrogen-bond donors (Lipinski definition) is 1. The van der Waals surface area contributed by atoms with Crippen LogP contribution in [0, 0.1) is 16.7 Å². The van der Waals surface area contributed by atoms with Gasteiger partial charge in [0.05, 0.1) is 18.8 Å². The maximum Gasteiger partial charge on any atom is 0.0977 e. The van der Waals surface area contributed by atoms with Crippen molar-refractivity contribution in [2.75, 3.05) is 13.2 Å². The molecule has 4 saturated carbocycles. The highest BCUT2D eigenvalue weighted by Crippen LogP contribution is 2.67. The monoisotopic (exact) mass is 224 g/mol. The number of quaternary nitrogens is 1. The largest absolute Gasteiger partial charge is 0.369 e. The van der Waals surface area contributed by atoms with Gasteiger partial charge in [-0.1, -0.05) is 13.8 Å². The van der Waals surface area contributed by atoms with E-state index in [-0.39, 0.29) is 5.60 Å². The van der Waals surface area contributed by atoms with Crippen molar-refractivity contribution < 1.29 is 10.5 Å². The van der Waals surface area contributed by atoms with Crippen molar-refractivity contribution in [1.82, 2.24) is 0 Å². The molecule has 0 radical (unpaired) electrons. The number of hydrogen-bond acceptors (Lipinski definition) is 1. The molecular weight excluding hydrogens is 198 g/mol. The Kier molecular flexibility index (Phi) is 2.23. The molecule has 4 aliphatic carbocycles. The van der Waals surface area contributed by atoms with Crippen molar-refractivity contribution in [3.05, 3.63) is 0 Å². The molecule has 4 bridgehead atoms. The van der Waals surface area contributed by atoms with Crippen molar-refractivity contribution >= 4 is 0 Å². The van der Waals surface area contributed by atoms with E-state index < -0.39 is 0 Å². The molecule has 92 valence electrons. The normalized spacial score (nSPS) is 54.6. The van der Waals surface area contributed by atoms with Crippen LogP contribution in [0.4, 0.5) is 0 Å². The van der Waals surface area contributed by atoms with Crippen LogP contribution < -0.4 is 5.73 Å². The van der Waals surface area contributed by atoms with Gasteiger partial charge in [-0.25, -0.2) is 0 Å². The number of rotatable bonds is 3. The summed E-state index contributed by atoms with van der Waals surface area (Å²) >= 11 is 0. The molecule has 4 atom stereocenters. The molecule has 0 aliphatic heterocycles. The van der Waals surface area contributed by atoms with Crippen LogP contribution in [-0.4, -0.2) is 18.8 Å². The summed E-state index contributed by atoms with van der Waals surface area (Å²) in [6, 6.07) is 0. The fraction of sp³-hybridized carbons (Fsp3) is 1.00. The fourth-order valence-corrected chi connectivity index (χ4v) is 5.79. The average molecular weight is 224 g/mol. The molecule has 2 heteroatoms. The molecule has 2 nitrogen and oxygen atoms in total. The molecule has 0 aromatic rings. The molecule has 2 unspecified atom stereocenters. The standard InChI is InChI=1S/C14H25NO/c1-12-5-11-6-13(2,8-12)10-14(7-11,9-12)16-4-3-15/h11H,3-10,15H2,1-2H3/p+1/t11?,12-,13+,14?. The smallest absolute Gasteiger partial charge is 0.0977 e. The zero-order valence-corrected chi connectivity index (χ0v) is 10.8. The van der Waals surface area contributed by atoms with E-state index in [0.29, 0.717) is 10.8 Å². The molecule has 0 aromatic carbocycles. The third-order valence-corrected chi connectivity index (χ3v) is 5.13. The van der Waals surface area contributed by atoms with E-state index in [1.54, 1.807) is 0 Å². The van der Waals surface area contributed by atoms with Gasteiger partial charge < -0.3 is 10.5 Å². The summed E-state index contributed by atoms with van der Waals surface area (Å²) in [7, 11) is 0. The average Bonchev–Trinajstić information content (AvgIpc) is 2.08. The highest BCUT2D eigenvalue weighted by atomic mass is 16.5. The highest BCUT2D eigenvalue weighted by molar-refractivity contribution is 5.11. The minimum absolute atomic E-state index is 0.237. The van der Waals surface area contributed by atoms with E-state index >= 15 is 0 Å². The lowest BCUT2D eigenvalue weighted by Crippen LogP contribution is -2.61. The second-order valence-corrected chi connectivity index (χ2v) is 7.52. The Morgan fingerprint density at radius 1 is 1.06 bits per heavy atom. The predicted molar refractivity (Wildman–Crippen MR) is 63.8 cm³/mol. The molecule has 16 heavy (non-hydrogen) atoms. The van der Waals surface area contributed by atoms with Crippen molar-refractivity contribution in [3.63, 3.8) is 0 Å². The van der Waals surface area contributed by atoms with Crippen LogP contribution in [0.5, 0.6) is 0 Å². The minimum Gasteiger partial charge on any atom is -0.369 e. The number of ether oxygens (including phenoxy) is 1. The van der Waals surface area contributed by atoms with Crippen LogP contribution in [0.2, 0.25) is 0 Å². The zero-order chi connectivity index (χ0) is 11.4. The molecule has 3 N–H and O–H groups in total. The predicted octanol–water partition coefficient (Wildman–Crippen LogP) is 1.99. The van der Waals surface area contributed by atoms with Crippen molar-refractivity contribution in [1.29, 1.82) is 0 Å². The first-order valence-electron chi connectivity index (χ1n) is 6.90. The first kappa shape index (κ1) is 11.0. The molecule has 0 aromatic heterocycles. The lowest BCUT2D eigenvalue weighted by molar-refractivity contribution is -0.381. The Balaban J connectivity index is 1.86. The topological polar surface area (TPSA) is 36.9 Å². The van der Waals surface area contributed by atoms with Gasteiger partial charge in [-0.15, -0.1) is 0 Å². The Morgan fingerprint density at radius 3 is 2.19 bits per heavy atom. The Labute approximate surface area is 98.9 Å². The second-order valence-electron chi connectivity index (χ2n) is 7.52. The van der Waals surface area contributed by atoms with Gasteiger partial charge in [0.1, 0.15) is 0 Å². The summed E-state index contributed by atoms with van der Waals surface area (Å²) in [5.74, 6) is 0.941. The van der Waals surface area contributed by atoms with Gasteiger partial charge in [-0.2, -0.15) is 0 Å². The van der Waals surface area contributed by atoms with Gasteiger partial charge in [-0.3, -0.25) is 0 Å². The third-order valence-electron chi connectivity index (χ3n) is 5.13. The van der Waals surface area contributed by atoms with Crippen molar-refractivity contribution in [2.24, 2.45) is 16.7 Å². The third kappa shape index (κ3) is 1.62. The van der Waals surface area contributed by atoms with E-state index in [1.165, 1.54) is 38.5 Å². The van der Waals surface area contributed by atoms with Gasteiger partial charge in [0.15, 0.2) is 0 Å². The lowest BCUT2D eigenvalue weighted by Gasteiger charge is -2.64. The summed E-state index contributed by atoms with van der Waals surface area (Å²) in [6.45, 7) is 6.77. The molecule has 0 amide bonds. The van der Waals surface area contributed by atoms with E-state index in [4.69, 9.17) is 4.74 Å². The maximum absolute atomic E-state index is 6.26. The minimum atomic E-state index is 0.237. The summed E-state index contributed by atoms with van der Waals surface area (Å²) in [5, 5.41) is 0. The van der Waals surface area contributed by atoms with Crippen LogP contribution in [0.3, 0.4) is 0 Å². The molecular formula is C14H26NO+. The van der Waals surface area contributed by atoms with Crippen LogP contribution >= 0.6 is 0 Å². The Morgan fingerprint density at radius 2 is 1.69 bits per heavy atom. The molecule has 4 fully saturated rings. The molecule has 4 rings (SSSR count). The van der Waals surface area contributed by atoms with Gasteiger partial charge in [0.25, 0.3) is 0 Å². The van der Waals surface area contributed by atoms with E-state index in [0.717, 1.165) is 19.1 Å². The van der Waals surface area contributed by atoms with Gasteiger partial charge in [0.2, 0.25) is 0 Å². The Bertz CT molecular complexity index is 283. The van der Waals surface area contributed by atoms with Crippen molar-refractivity contribution in [2.45, 2.75) is 58.0 Å². The second kappa shape index (κ2) is 3.23. The van der Waals surface area contributed by atoms with Gasteiger partial charge in [0, 0.05) is 0 Å². The summed E-state index contributed by atoms with van der Waals surface area (Å²) < 4.78 is 6.26. The first-order chi connectivity index (χ1) is 7.47. The molecule has 4 aliphatic rings. The summed E-state index contributed by atoms with van der Waals surface area (Å²) in [6.07, 6.45) is 8.30. The van der Waals surface area contributed by atoms with E-state index in [9.17, 15) is 0 Å². The van der Waals surface area contributed by atoms with Crippen LogP contribution in [0.15, 0.2) is 0 Å². The molecule has 0 heterocycles. The van der Waals surface area contributed by atoms with E-state index in [1.807, 2.05) is 0 Å².